The minimum atomic E-state index is 0.795. The van der Waals surface area contributed by atoms with E-state index in [1.165, 1.54) is 19.4 Å². The lowest BCUT2D eigenvalue weighted by molar-refractivity contribution is 0.410. The summed E-state index contributed by atoms with van der Waals surface area (Å²) in [6.07, 6.45) is 4.21. The molecular formula is C8H14N4S. The summed E-state index contributed by atoms with van der Waals surface area (Å²) in [5.41, 5.74) is 0. The number of piperidine rings is 1. The minimum Gasteiger partial charge on any atom is -0.316 e. The topological polar surface area (TPSA) is 53.6 Å². The van der Waals surface area contributed by atoms with Gasteiger partial charge in [-0.2, -0.15) is 5.10 Å². The molecule has 2 N–H and O–H groups in total. The highest BCUT2D eigenvalue weighted by Gasteiger charge is 2.13. The summed E-state index contributed by atoms with van der Waals surface area (Å²) in [5.74, 6) is 1.94. The monoisotopic (exact) mass is 198 g/mol. The van der Waals surface area contributed by atoms with Gasteiger partial charge >= 0.3 is 0 Å². The summed E-state index contributed by atoms with van der Waals surface area (Å²) in [6.45, 7) is 2.34. The predicted octanol–water partition coefficient (Wildman–Crippen LogP) is 0.896. The van der Waals surface area contributed by atoms with Crippen LogP contribution in [0, 0.1) is 5.92 Å². The van der Waals surface area contributed by atoms with Gasteiger partial charge < -0.3 is 5.32 Å². The number of nitrogens with one attached hydrogen (secondary N) is 2. The molecule has 1 unspecified atom stereocenters. The van der Waals surface area contributed by atoms with E-state index >= 15 is 0 Å². The summed E-state index contributed by atoms with van der Waals surface area (Å²) < 4.78 is 0. The molecule has 0 saturated carbocycles. The number of rotatable bonds is 3. The SMILES string of the molecule is c1n[nH]c(SCC2CCCNC2)n1. The van der Waals surface area contributed by atoms with Crippen LogP contribution < -0.4 is 5.32 Å². The van der Waals surface area contributed by atoms with Gasteiger partial charge in [0.05, 0.1) is 0 Å². The number of hydrogen-bond donors (Lipinski definition) is 2. The second-order valence-corrected chi connectivity index (χ2v) is 4.32. The Hall–Kier alpha value is -0.550. The third-order valence-corrected chi connectivity index (χ3v) is 3.36. The molecular weight excluding hydrogens is 184 g/mol. The molecule has 1 aromatic heterocycles. The van der Waals surface area contributed by atoms with Crippen LogP contribution in [0.2, 0.25) is 0 Å². The van der Waals surface area contributed by atoms with E-state index in [1.54, 1.807) is 18.1 Å². The molecule has 1 aliphatic rings. The fraction of sp³-hybridized carbons (Fsp3) is 0.750. The van der Waals surface area contributed by atoms with Crippen LogP contribution in [0.15, 0.2) is 11.5 Å². The van der Waals surface area contributed by atoms with Crippen molar-refractivity contribution in [3.63, 3.8) is 0 Å². The highest BCUT2D eigenvalue weighted by atomic mass is 32.2. The van der Waals surface area contributed by atoms with Crippen LogP contribution in [-0.2, 0) is 0 Å². The average molecular weight is 198 g/mol. The maximum Gasteiger partial charge on any atom is 0.183 e. The lowest BCUT2D eigenvalue weighted by Gasteiger charge is -2.21. The quantitative estimate of drug-likeness (QED) is 0.708. The van der Waals surface area contributed by atoms with Gasteiger partial charge in [-0.1, -0.05) is 11.8 Å². The zero-order valence-electron chi connectivity index (χ0n) is 7.49. The largest absolute Gasteiger partial charge is 0.316 e. The van der Waals surface area contributed by atoms with E-state index in [0.29, 0.717) is 0 Å². The van der Waals surface area contributed by atoms with Gasteiger partial charge in [-0.3, -0.25) is 5.10 Å². The first-order chi connectivity index (χ1) is 6.45. The molecule has 13 heavy (non-hydrogen) atoms. The van der Waals surface area contributed by atoms with Gasteiger partial charge in [0.15, 0.2) is 5.16 Å². The number of nitrogens with zero attached hydrogens (tertiary/aromatic N) is 2. The lowest BCUT2D eigenvalue weighted by atomic mass is 10.0. The Labute approximate surface area is 81.9 Å². The first-order valence-electron chi connectivity index (χ1n) is 4.64. The summed E-state index contributed by atoms with van der Waals surface area (Å²) >= 11 is 1.76. The second kappa shape index (κ2) is 4.62. The molecule has 0 bridgehead atoms. The Morgan fingerprint density at radius 3 is 3.31 bits per heavy atom. The van der Waals surface area contributed by atoms with Gasteiger partial charge in [0.1, 0.15) is 6.33 Å². The van der Waals surface area contributed by atoms with Gasteiger partial charge in [0, 0.05) is 5.75 Å². The van der Waals surface area contributed by atoms with Crippen molar-refractivity contribution in [1.82, 2.24) is 20.5 Å². The predicted molar refractivity (Wildman–Crippen MR) is 52.7 cm³/mol. The van der Waals surface area contributed by atoms with Crippen LogP contribution >= 0.6 is 11.8 Å². The number of thioether (sulfide) groups is 1. The van der Waals surface area contributed by atoms with Gasteiger partial charge in [0.2, 0.25) is 0 Å². The number of hydrogen-bond acceptors (Lipinski definition) is 4. The van der Waals surface area contributed by atoms with E-state index in [1.807, 2.05) is 0 Å². The fourth-order valence-electron chi connectivity index (χ4n) is 1.53. The Balaban J connectivity index is 1.72. The second-order valence-electron chi connectivity index (χ2n) is 3.31. The van der Waals surface area contributed by atoms with Gasteiger partial charge in [0.25, 0.3) is 0 Å². The maximum absolute atomic E-state index is 4.08. The van der Waals surface area contributed by atoms with Crippen molar-refractivity contribution in [2.75, 3.05) is 18.8 Å². The fourth-order valence-corrected chi connectivity index (χ4v) is 2.44. The minimum absolute atomic E-state index is 0.795. The number of H-pyrrole nitrogens is 1. The van der Waals surface area contributed by atoms with Crippen LogP contribution in [0.4, 0.5) is 0 Å². The molecule has 0 radical (unpaired) electrons. The molecule has 0 aliphatic carbocycles. The zero-order valence-corrected chi connectivity index (χ0v) is 8.31. The lowest BCUT2D eigenvalue weighted by Crippen LogP contribution is -2.30. The van der Waals surface area contributed by atoms with Gasteiger partial charge in [-0.05, 0) is 31.8 Å². The molecule has 1 aliphatic heterocycles. The zero-order chi connectivity index (χ0) is 8.93. The molecule has 1 fully saturated rings. The normalized spacial score (nSPS) is 23.2. The highest BCUT2D eigenvalue weighted by molar-refractivity contribution is 7.99. The average Bonchev–Trinajstić information content (AvgIpc) is 2.69. The summed E-state index contributed by atoms with van der Waals surface area (Å²) in [7, 11) is 0. The molecule has 0 spiro atoms. The molecule has 0 amide bonds. The Bertz CT molecular complexity index is 230. The van der Waals surface area contributed by atoms with Crippen LogP contribution in [-0.4, -0.2) is 34.0 Å². The van der Waals surface area contributed by atoms with Crippen molar-refractivity contribution < 1.29 is 0 Å². The highest BCUT2D eigenvalue weighted by Crippen LogP contribution is 2.19. The van der Waals surface area contributed by atoms with E-state index in [2.05, 4.69) is 20.5 Å². The number of aromatic amines is 1. The molecule has 0 aromatic carbocycles. The molecule has 1 atom stereocenters. The van der Waals surface area contributed by atoms with E-state index in [-0.39, 0.29) is 0 Å². The van der Waals surface area contributed by atoms with Crippen LogP contribution in [0.3, 0.4) is 0 Å². The maximum atomic E-state index is 4.08. The summed E-state index contributed by atoms with van der Waals surface area (Å²) in [5, 5.41) is 11.0. The van der Waals surface area contributed by atoms with Crippen molar-refractivity contribution in [1.29, 1.82) is 0 Å². The Morgan fingerprint density at radius 2 is 2.62 bits per heavy atom. The van der Waals surface area contributed by atoms with Crippen molar-refractivity contribution in [3.05, 3.63) is 6.33 Å². The molecule has 72 valence electrons. The van der Waals surface area contributed by atoms with E-state index in [4.69, 9.17) is 0 Å². The van der Waals surface area contributed by atoms with E-state index in [9.17, 15) is 0 Å². The molecule has 2 rings (SSSR count). The van der Waals surface area contributed by atoms with Gasteiger partial charge in [-0.25, -0.2) is 4.98 Å². The standard InChI is InChI=1S/C8H14N4S/c1-2-7(4-9-3-1)5-13-8-10-6-11-12-8/h6-7,9H,1-5H2,(H,10,11,12). The molecule has 1 aromatic rings. The summed E-state index contributed by atoms with van der Waals surface area (Å²) in [4.78, 5) is 4.08. The Morgan fingerprint density at radius 1 is 1.62 bits per heavy atom. The molecule has 5 heteroatoms. The molecule has 4 nitrogen and oxygen atoms in total. The van der Waals surface area contributed by atoms with E-state index in [0.717, 1.165) is 23.4 Å². The Kier molecular flexibility index (Phi) is 3.21. The first-order valence-corrected chi connectivity index (χ1v) is 5.62. The first kappa shape index (κ1) is 9.02. The van der Waals surface area contributed by atoms with E-state index < -0.39 is 0 Å². The van der Waals surface area contributed by atoms with Gasteiger partial charge in [-0.15, -0.1) is 0 Å². The van der Waals surface area contributed by atoms with Crippen LogP contribution in [0.1, 0.15) is 12.8 Å². The van der Waals surface area contributed by atoms with Crippen LogP contribution in [0.5, 0.6) is 0 Å². The van der Waals surface area contributed by atoms with Crippen molar-refractivity contribution in [2.24, 2.45) is 5.92 Å². The third-order valence-electron chi connectivity index (χ3n) is 2.25. The van der Waals surface area contributed by atoms with Crippen molar-refractivity contribution in [3.8, 4) is 0 Å². The smallest absolute Gasteiger partial charge is 0.183 e. The third kappa shape index (κ3) is 2.70. The van der Waals surface area contributed by atoms with Crippen molar-refractivity contribution in [2.45, 2.75) is 18.0 Å². The van der Waals surface area contributed by atoms with Crippen molar-refractivity contribution >= 4 is 11.8 Å². The van der Waals surface area contributed by atoms with Crippen LogP contribution in [0.25, 0.3) is 0 Å². The molecule has 1 saturated heterocycles. The number of aromatic nitrogens is 3. The summed E-state index contributed by atoms with van der Waals surface area (Å²) in [6, 6.07) is 0. The molecule has 2 heterocycles.